The molecule has 90 valence electrons. The van der Waals surface area contributed by atoms with Gasteiger partial charge in [0, 0.05) is 30.5 Å². The number of nitrogens with one attached hydrogen (secondary N) is 1. The molecule has 1 aromatic heterocycles. The first kappa shape index (κ1) is 14.0. The van der Waals surface area contributed by atoms with Crippen LogP contribution in [0.25, 0.3) is 0 Å². The molecule has 0 bridgehead atoms. The van der Waals surface area contributed by atoms with Gasteiger partial charge in [-0.3, -0.25) is 4.98 Å². The van der Waals surface area contributed by atoms with Crippen LogP contribution in [0.5, 0.6) is 0 Å². The van der Waals surface area contributed by atoms with E-state index in [1.165, 1.54) is 11.1 Å². The normalized spacial score (nSPS) is 9.71. The number of aromatic nitrogens is 1. The van der Waals surface area contributed by atoms with Gasteiger partial charge in [0.25, 0.3) is 0 Å². The highest BCUT2D eigenvalue weighted by Crippen LogP contribution is 2.09. The van der Waals surface area contributed by atoms with Crippen molar-refractivity contribution >= 4 is 24.0 Å². The topological polar surface area (TPSA) is 24.9 Å². The molecular weight excluding hydrogens is 255 g/mol. The molecule has 0 fully saturated rings. The van der Waals surface area contributed by atoms with Crippen molar-refractivity contribution < 1.29 is 0 Å². The molecule has 2 nitrogen and oxygen atoms in total. The van der Waals surface area contributed by atoms with Crippen molar-refractivity contribution in [2.45, 2.75) is 13.1 Å². The van der Waals surface area contributed by atoms with Crippen molar-refractivity contribution in [2.75, 3.05) is 0 Å². The van der Waals surface area contributed by atoms with Crippen LogP contribution in [0.4, 0.5) is 0 Å². The Bertz CT molecular complexity index is 429. The van der Waals surface area contributed by atoms with Crippen LogP contribution < -0.4 is 5.32 Å². The number of halogens is 2. The highest BCUT2D eigenvalue weighted by atomic mass is 35.5. The van der Waals surface area contributed by atoms with E-state index in [9.17, 15) is 0 Å². The van der Waals surface area contributed by atoms with E-state index < -0.39 is 0 Å². The summed E-state index contributed by atoms with van der Waals surface area (Å²) in [4.78, 5) is 4.06. The summed E-state index contributed by atoms with van der Waals surface area (Å²) < 4.78 is 0. The summed E-state index contributed by atoms with van der Waals surface area (Å²) in [7, 11) is 0. The SMILES string of the molecule is Cl.Clc1ccc(CNCc2cccnc2)cc1. The van der Waals surface area contributed by atoms with Gasteiger partial charge in [-0.25, -0.2) is 0 Å². The molecule has 1 aromatic carbocycles. The number of hydrogen-bond donors (Lipinski definition) is 1. The Balaban J connectivity index is 0.00000144. The Morgan fingerprint density at radius 2 is 1.71 bits per heavy atom. The number of hydrogen-bond acceptors (Lipinski definition) is 2. The lowest BCUT2D eigenvalue weighted by Gasteiger charge is -2.04. The molecule has 0 aliphatic heterocycles. The van der Waals surface area contributed by atoms with E-state index in [4.69, 9.17) is 11.6 Å². The number of pyridine rings is 1. The molecule has 0 unspecified atom stereocenters. The molecule has 0 radical (unpaired) electrons. The predicted molar refractivity (Wildman–Crippen MR) is 73.5 cm³/mol. The van der Waals surface area contributed by atoms with E-state index >= 15 is 0 Å². The summed E-state index contributed by atoms with van der Waals surface area (Å²) in [6.07, 6.45) is 3.65. The Morgan fingerprint density at radius 3 is 2.35 bits per heavy atom. The van der Waals surface area contributed by atoms with Gasteiger partial charge in [-0.15, -0.1) is 12.4 Å². The van der Waals surface area contributed by atoms with Gasteiger partial charge in [0.2, 0.25) is 0 Å². The molecule has 0 atom stereocenters. The first-order valence-electron chi connectivity index (χ1n) is 5.18. The van der Waals surface area contributed by atoms with Crippen molar-refractivity contribution in [1.82, 2.24) is 10.3 Å². The fourth-order valence-electron chi connectivity index (χ4n) is 1.46. The van der Waals surface area contributed by atoms with Gasteiger partial charge in [0.1, 0.15) is 0 Å². The lowest BCUT2D eigenvalue weighted by molar-refractivity contribution is 0.691. The van der Waals surface area contributed by atoms with Crippen LogP contribution in [0.1, 0.15) is 11.1 Å². The maximum absolute atomic E-state index is 5.81. The molecule has 1 N–H and O–H groups in total. The minimum absolute atomic E-state index is 0. The first-order chi connectivity index (χ1) is 7.84. The second kappa shape index (κ2) is 7.28. The largest absolute Gasteiger partial charge is 0.309 e. The number of rotatable bonds is 4. The van der Waals surface area contributed by atoms with E-state index in [1.807, 2.05) is 36.5 Å². The maximum Gasteiger partial charge on any atom is 0.0406 e. The zero-order chi connectivity index (χ0) is 11.2. The van der Waals surface area contributed by atoms with Gasteiger partial charge < -0.3 is 5.32 Å². The van der Waals surface area contributed by atoms with Crippen molar-refractivity contribution in [3.63, 3.8) is 0 Å². The summed E-state index contributed by atoms with van der Waals surface area (Å²) in [6.45, 7) is 1.67. The van der Waals surface area contributed by atoms with Crippen LogP contribution in [0.3, 0.4) is 0 Å². The van der Waals surface area contributed by atoms with Crippen LogP contribution in [0.15, 0.2) is 48.8 Å². The molecule has 4 heteroatoms. The van der Waals surface area contributed by atoms with Crippen molar-refractivity contribution in [2.24, 2.45) is 0 Å². The van der Waals surface area contributed by atoms with Crippen LogP contribution >= 0.6 is 24.0 Å². The van der Waals surface area contributed by atoms with Crippen molar-refractivity contribution in [3.8, 4) is 0 Å². The van der Waals surface area contributed by atoms with Crippen molar-refractivity contribution in [1.29, 1.82) is 0 Å². The Hall–Kier alpha value is -1.09. The van der Waals surface area contributed by atoms with E-state index in [-0.39, 0.29) is 12.4 Å². The van der Waals surface area contributed by atoms with Crippen LogP contribution in [0, 0.1) is 0 Å². The molecule has 0 spiro atoms. The summed E-state index contributed by atoms with van der Waals surface area (Å²) >= 11 is 5.81. The zero-order valence-corrected chi connectivity index (χ0v) is 10.8. The number of nitrogens with zero attached hydrogens (tertiary/aromatic N) is 1. The third-order valence-corrected chi connectivity index (χ3v) is 2.55. The van der Waals surface area contributed by atoms with E-state index in [2.05, 4.69) is 16.4 Å². The molecule has 0 amide bonds. The van der Waals surface area contributed by atoms with Gasteiger partial charge in [0.05, 0.1) is 0 Å². The fourth-order valence-corrected chi connectivity index (χ4v) is 1.58. The fraction of sp³-hybridized carbons (Fsp3) is 0.154. The molecule has 0 saturated heterocycles. The lowest BCUT2D eigenvalue weighted by Crippen LogP contribution is -2.12. The summed E-state index contributed by atoms with van der Waals surface area (Å²) in [5.74, 6) is 0. The maximum atomic E-state index is 5.81. The second-order valence-electron chi connectivity index (χ2n) is 3.59. The van der Waals surface area contributed by atoms with E-state index in [0.29, 0.717) is 0 Å². The van der Waals surface area contributed by atoms with Gasteiger partial charge in [-0.2, -0.15) is 0 Å². The van der Waals surface area contributed by atoms with Gasteiger partial charge in [-0.1, -0.05) is 29.8 Å². The summed E-state index contributed by atoms with van der Waals surface area (Å²) in [5, 5.41) is 4.13. The Morgan fingerprint density at radius 1 is 1.00 bits per heavy atom. The lowest BCUT2D eigenvalue weighted by atomic mass is 10.2. The molecule has 0 aliphatic rings. The average molecular weight is 269 g/mol. The third kappa shape index (κ3) is 4.73. The standard InChI is InChI=1S/C13H13ClN2.ClH/c14-13-5-3-11(4-6-13)8-16-10-12-2-1-7-15-9-12;/h1-7,9,16H,8,10H2;1H. The van der Waals surface area contributed by atoms with Crippen LogP contribution in [0.2, 0.25) is 5.02 Å². The second-order valence-corrected chi connectivity index (χ2v) is 4.03. The molecular formula is C13H14Cl2N2. The minimum Gasteiger partial charge on any atom is -0.309 e. The smallest absolute Gasteiger partial charge is 0.0406 e. The third-order valence-electron chi connectivity index (χ3n) is 2.29. The molecule has 0 aliphatic carbocycles. The zero-order valence-electron chi connectivity index (χ0n) is 9.27. The van der Waals surface area contributed by atoms with Gasteiger partial charge in [-0.05, 0) is 29.3 Å². The molecule has 2 rings (SSSR count). The molecule has 1 heterocycles. The highest BCUT2D eigenvalue weighted by molar-refractivity contribution is 6.30. The van der Waals surface area contributed by atoms with E-state index in [1.54, 1.807) is 6.20 Å². The Labute approximate surface area is 112 Å². The van der Waals surface area contributed by atoms with Crippen LogP contribution in [-0.4, -0.2) is 4.98 Å². The predicted octanol–water partition coefficient (Wildman–Crippen LogP) is 3.45. The monoisotopic (exact) mass is 268 g/mol. The molecule has 17 heavy (non-hydrogen) atoms. The van der Waals surface area contributed by atoms with Crippen LogP contribution in [-0.2, 0) is 13.1 Å². The van der Waals surface area contributed by atoms with Crippen molar-refractivity contribution in [3.05, 3.63) is 64.9 Å². The average Bonchev–Trinajstić information content (AvgIpc) is 2.33. The highest BCUT2D eigenvalue weighted by Gasteiger charge is 1.94. The first-order valence-corrected chi connectivity index (χ1v) is 5.56. The van der Waals surface area contributed by atoms with Gasteiger partial charge >= 0.3 is 0 Å². The van der Waals surface area contributed by atoms with Gasteiger partial charge in [0.15, 0.2) is 0 Å². The van der Waals surface area contributed by atoms with E-state index in [0.717, 1.165) is 18.1 Å². The quantitative estimate of drug-likeness (QED) is 0.919. The minimum atomic E-state index is 0. The number of benzene rings is 1. The molecule has 0 saturated carbocycles. The molecule has 2 aromatic rings. The Kier molecular flexibility index (Phi) is 5.98. The summed E-state index contributed by atoms with van der Waals surface area (Å²) in [6, 6.07) is 11.9. The summed E-state index contributed by atoms with van der Waals surface area (Å²) in [5.41, 5.74) is 2.42.